The van der Waals surface area contributed by atoms with E-state index in [-0.39, 0.29) is 5.97 Å². The van der Waals surface area contributed by atoms with Gasteiger partial charge in [0.1, 0.15) is 18.4 Å². The van der Waals surface area contributed by atoms with Crippen LogP contribution in [0.2, 0.25) is 0 Å². The molecular formula is C24H25NO3. The summed E-state index contributed by atoms with van der Waals surface area (Å²) in [4.78, 5) is 12.5. The number of para-hydroxylation sites is 2. The summed E-state index contributed by atoms with van der Waals surface area (Å²) in [5.74, 6) is 0.500. The first-order valence-corrected chi connectivity index (χ1v) is 9.49. The molecule has 3 aromatic carbocycles. The lowest BCUT2D eigenvalue weighted by Crippen LogP contribution is -2.33. The second kappa shape index (κ2) is 10.2. The van der Waals surface area contributed by atoms with E-state index in [9.17, 15) is 4.79 Å². The van der Waals surface area contributed by atoms with Crippen LogP contribution in [0.5, 0.6) is 5.75 Å². The van der Waals surface area contributed by atoms with Crippen LogP contribution in [0.4, 0.5) is 5.69 Å². The maximum Gasteiger partial charge on any atom is 0.328 e. The van der Waals surface area contributed by atoms with Gasteiger partial charge in [0.15, 0.2) is 0 Å². The van der Waals surface area contributed by atoms with Gasteiger partial charge in [-0.2, -0.15) is 0 Å². The van der Waals surface area contributed by atoms with Gasteiger partial charge in [-0.05, 0) is 36.2 Å². The van der Waals surface area contributed by atoms with E-state index < -0.39 is 6.04 Å². The van der Waals surface area contributed by atoms with Crippen molar-refractivity contribution in [2.24, 2.45) is 0 Å². The summed E-state index contributed by atoms with van der Waals surface area (Å²) in [5.41, 5.74) is 2.94. The first-order chi connectivity index (χ1) is 13.8. The molecule has 0 aliphatic rings. The van der Waals surface area contributed by atoms with Gasteiger partial charge in [-0.1, -0.05) is 66.7 Å². The summed E-state index contributed by atoms with van der Waals surface area (Å²) < 4.78 is 11.3. The molecule has 1 N–H and O–H groups in total. The van der Waals surface area contributed by atoms with Crippen LogP contribution in [0, 0.1) is 0 Å². The SMILES string of the molecule is CCOC(=O)C(Cc1ccccc1OCc1ccccc1)Nc1ccccc1. The number of benzene rings is 3. The van der Waals surface area contributed by atoms with Crippen LogP contribution in [0.1, 0.15) is 18.1 Å². The monoisotopic (exact) mass is 375 g/mol. The number of hydrogen-bond acceptors (Lipinski definition) is 4. The minimum absolute atomic E-state index is 0.274. The average molecular weight is 375 g/mol. The van der Waals surface area contributed by atoms with Gasteiger partial charge >= 0.3 is 5.97 Å². The second-order valence-electron chi connectivity index (χ2n) is 6.40. The molecule has 3 rings (SSSR count). The van der Waals surface area contributed by atoms with E-state index in [2.05, 4.69) is 5.32 Å². The third-order valence-electron chi connectivity index (χ3n) is 4.32. The molecule has 0 saturated carbocycles. The number of anilines is 1. The number of esters is 1. The summed E-state index contributed by atoms with van der Waals surface area (Å²) in [7, 11) is 0. The maximum atomic E-state index is 12.5. The van der Waals surface area contributed by atoms with Gasteiger partial charge in [-0.3, -0.25) is 0 Å². The molecule has 0 aliphatic carbocycles. The van der Waals surface area contributed by atoms with Crippen molar-refractivity contribution in [1.29, 1.82) is 0 Å². The van der Waals surface area contributed by atoms with Gasteiger partial charge in [0.2, 0.25) is 0 Å². The molecule has 1 atom stereocenters. The largest absolute Gasteiger partial charge is 0.489 e. The number of nitrogens with one attached hydrogen (secondary N) is 1. The first-order valence-electron chi connectivity index (χ1n) is 9.49. The fourth-order valence-electron chi connectivity index (χ4n) is 2.94. The van der Waals surface area contributed by atoms with Crippen molar-refractivity contribution < 1.29 is 14.3 Å². The van der Waals surface area contributed by atoms with E-state index >= 15 is 0 Å². The van der Waals surface area contributed by atoms with Crippen LogP contribution in [-0.2, 0) is 22.6 Å². The quantitative estimate of drug-likeness (QED) is 0.543. The van der Waals surface area contributed by atoms with E-state index in [1.54, 1.807) is 0 Å². The minimum Gasteiger partial charge on any atom is -0.489 e. The Bertz CT molecular complexity index is 865. The van der Waals surface area contributed by atoms with Crippen LogP contribution in [0.3, 0.4) is 0 Å². The molecule has 0 aromatic heterocycles. The molecule has 0 amide bonds. The number of carbonyl (C=O) groups excluding carboxylic acids is 1. The van der Waals surface area contributed by atoms with E-state index in [0.29, 0.717) is 19.6 Å². The molecule has 0 radical (unpaired) electrons. The first kappa shape index (κ1) is 19.5. The molecule has 3 aromatic rings. The van der Waals surface area contributed by atoms with Gasteiger partial charge in [-0.25, -0.2) is 4.79 Å². The topological polar surface area (TPSA) is 47.6 Å². The normalized spacial score (nSPS) is 11.5. The summed E-state index contributed by atoms with van der Waals surface area (Å²) in [6, 6.07) is 27.0. The standard InChI is InChI=1S/C24H25NO3/c1-2-27-24(26)22(25-21-14-7-4-8-15-21)17-20-13-9-10-16-23(20)28-18-19-11-5-3-6-12-19/h3-16,22,25H,2,17-18H2,1H3. The number of carbonyl (C=O) groups is 1. The van der Waals surface area contributed by atoms with Crippen molar-refractivity contribution in [3.05, 3.63) is 96.1 Å². The molecule has 0 aliphatic heterocycles. The van der Waals surface area contributed by atoms with E-state index in [1.807, 2.05) is 91.9 Å². The molecule has 1 unspecified atom stereocenters. The van der Waals surface area contributed by atoms with Crippen molar-refractivity contribution in [1.82, 2.24) is 0 Å². The smallest absolute Gasteiger partial charge is 0.328 e. The predicted octanol–water partition coefficient (Wildman–Crippen LogP) is 4.85. The van der Waals surface area contributed by atoms with E-state index in [0.717, 1.165) is 22.6 Å². The Kier molecular flexibility index (Phi) is 7.08. The summed E-state index contributed by atoms with van der Waals surface area (Å²) in [6.07, 6.45) is 0.471. The molecule has 144 valence electrons. The fraction of sp³-hybridized carbons (Fsp3) is 0.208. The second-order valence-corrected chi connectivity index (χ2v) is 6.40. The van der Waals surface area contributed by atoms with Crippen LogP contribution >= 0.6 is 0 Å². The van der Waals surface area contributed by atoms with E-state index in [1.165, 1.54) is 0 Å². The highest BCUT2D eigenvalue weighted by atomic mass is 16.5. The molecule has 0 spiro atoms. The Balaban J connectivity index is 1.75. The molecule has 0 saturated heterocycles. The molecular weight excluding hydrogens is 350 g/mol. The van der Waals surface area contributed by atoms with Gasteiger partial charge in [-0.15, -0.1) is 0 Å². The van der Waals surface area contributed by atoms with Crippen molar-refractivity contribution in [3.8, 4) is 5.75 Å². The Morgan fingerprint density at radius 3 is 2.25 bits per heavy atom. The zero-order valence-corrected chi connectivity index (χ0v) is 16.0. The highest BCUT2D eigenvalue weighted by molar-refractivity contribution is 5.79. The van der Waals surface area contributed by atoms with Crippen molar-refractivity contribution in [3.63, 3.8) is 0 Å². The lowest BCUT2D eigenvalue weighted by Gasteiger charge is -2.20. The van der Waals surface area contributed by atoms with Crippen molar-refractivity contribution in [2.45, 2.75) is 26.0 Å². The summed E-state index contributed by atoms with van der Waals surface area (Å²) in [6.45, 7) is 2.64. The molecule has 0 fully saturated rings. The van der Waals surface area contributed by atoms with Crippen LogP contribution in [-0.4, -0.2) is 18.6 Å². The number of hydrogen-bond donors (Lipinski definition) is 1. The van der Waals surface area contributed by atoms with Crippen molar-refractivity contribution in [2.75, 3.05) is 11.9 Å². The Labute approximate surface area is 166 Å². The average Bonchev–Trinajstić information content (AvgIpc) is 2.74. The molecule has 0 heterocycles. The van der Waals surface area contributed by atoms with Gasteiger partial charge in [0.25, 0.3) is 0 Å². The Morgan fingerprint density at radius 1 is 0.893 bits per heavy atom. The predicted molar refractivity (Wildman–Crippen MR) is 111 cm³/mol. The van der Waals surface area contributed by atoms with E-state index in [4.69, 9.17) is 9.47 Å². The van der Waals surface area contributed by atoms with Crippen LogP contribution < -0.4 is 10.1 Å². The third kappa shape index (κ3) is 5.61. The summed E-state index contributed by atoms with van der Waals surface area (Å²) in [5, 5.41) is 3.28. The van der Waals surface area contributed by atoms with Crippen LogP contribution in [0.15, 0.2) is 84.9 Å². The lowest BCUT2D eigenvalue weighted by molar-refractivity contribution is -0.144. The zero-order valence-electron chi connectivity index (χ0n) is 16.0. The Morgan fingerprint density at radius 2 is 1.54 bits per heavy atom. The van der Waals surface area contributed by atoms with Gasteiger partial charge in [0.05, 0.1) is 6.61 Å². The molecule has 0 bridgehead atoms. The summed E-state index contributed by atoms with van der Waals surface area (Å²) >= 11 is 0. The highest BCUT2D eigenvalue weighted by Gasteiger charge is 2.22. The molecule has 28 heavy (non-hydrogen) atoms. The molecule has 4 nitrogen and oxygen atoms in total. The third-order valence-corrected chi connectivity index (χ3v) is 4.32. The van der Waals surface area contributed by atoms with Gasteiger partial charge < -0.3 is 14.8 Å². The number of ether oxygens (including phenoxy) is 2. The van der Waals surface area contributed by atoms with Gasteiger partial charge in [0, 0.05) is 12.1 Å². The minimum atomic E-state index is -0.496. The molecule has 4 heteroatoms. The Hall–Kier alpha value is -3.27. The van der Waals surface area contributed by atoms with Crippen molar-refractivity contribution >= 4 is 11.7 Å². The lowest BCUT2D eigenvalue weighted by atomic mass is 10.0. The highest BCUT2D eigenvalue weighted by Crippen LogP contribution is 2.22. The maximum absolute atomic E-state index is 12.5. The number of rotatable bonds is 9. The zero-order chi connectivity index (χ0) is 19.6. The van der Waals surface area contributed by atoms with Crippen LogP contribution in [0.25, 0.3) is 0 Å². The fourth-order valence-corrected chi connectivity index (χ4v) is 2.94.